The lowest BCUT2D eigenvalue weighted by atomic mass is 10.0. The van der Waals surface area contributed by atoms with Crippen molar-refractivity contribution in [1.82, 2.24) is 20.9 Å². The number of ketones is 2. The summed E-state index contributed by atoms with van der Waals surface area (Å²) >= 11 is 0. The molecule has 2 aliphatic heterocycles. The lowest BCUT2D eigenvalue weighted by Crippen LogP contribution is -2.39. The van der Waals surface area contributed by atoms with Crippen molar-refractivity contribution in [1.29, 1.82) is 0 Å². The third kappa shape index (κ3) is 8.38. The molecule has 0 aromatic heterocycles. The highest BCUT2D eigenvalue weighted by molar-refractivity contribution is 5.84. The molecule has 2 N–H and O–H groups in total. The Morgan fingerprint density at radius 1 is 0.815 bits per heavy atom. The van der Waals surface area contributed by atoms with Crippen molar-refractivity contribution in [2.24, 2.45) is 0 Å². The molecule has 6 nitrogen and oxygen atoms in total. The summed E-state index contributed by atoms with van der Waals surface area (Å²) in [6.07, 6.45) is 6.46. The predicted molar refractivity (Wildman–Crippen MR) is 113 cm³/mol. The molecule has 0 aliphatic carbocycles. The molecule has 0 aromatic rings. The van der Waals surface area contributed by atoms with E-state index in [1.54, 1.807) is 0 Å². The van der Waals surface area contributed by atoms with Crippen molar-refractivity contribution >= 4 is 11.6 Å². The second-order valence-corrected chi connectivity index (χ2v) is 7.23. The maximum atomic E-state index is 11.6. The van der Waals surface area contributed by atoms with Crippen molar-refractivity contribution in [3.63, 3.8) is 0 Å². The van der Waals surface area contributed by atoms with Gasteiger partial charge in [-0.25, -0.2) is 10.0 Å². The highest BCUT2D eigenvalue weighted by atomic mass is 16.1. The summed E-state index contributed by atoms with van der Waals surface area (Å²) in [7, 11) is 3.92. The average Bonchev–Trinajstić information content (AvgIpc) is 3.25. The maximum Gasteiger partial charge on any atom is 0.151 e. The van der Waals surface area contributed by atoms with Gasteiger partial charge in [-0.1, -0.05) is 41.5 Å². The molecule has 2 rings (SSSR count). The maximum absolute atomic E-state index is 11.6. The van der Waals surface area contributed by atoms with E-state index in [1.807, 2.05) is 44.9 Å². The van der Waals surface area contributed by atoms with Crippen LogP contribution in [0.25, 0.3) is 0 Å². The second kappa shape index (κ2) is 14.2. The molecule has 160 valence electrons. The summed E-state index contributed by atoms with van der Waals surface area (Å²) in [4.78, 5) is 23.0. The van der Waals surface area contributed by atoms with Crippen LogP contribution in [0.4, 0.5) is 0 Å². The van der Waals surface area contributed by atoms with Gasteiger partial charge < -0.3 is 0 Å². The standard InChI is InChI=1S/C10H20N2O.C9H18N2O.C2H6/c1-4-6-10(13)9-7-8(5-2)11-12(9)3;1-4-7-6-8(9(12)5-2)11(3)10-7;1-2/h8-9,11H,4-7H2,1-3H3;7-8,10H,4-6H2,1-3H3;1-2H3. The molecule has 2 saturated heterocycles. The SMILES string of the molecule is CC.CCC(=O)C1CC(CC)NN1C.CCCC(=O)C1CC(CC)NN1C. The van der Waals surface area contributed by atoms with Gasteiger partial charge in [0.05, 0.1) is 12.1 Å². The third-order valence-electron chi connectivity index (χ3n) is 5.30. The largest absolute Gasteiger partial charge is 0.298 e. The molecule has 0 saturated carbocycles. The highest BCUT2D eigenvalue weighted by Crippen LogP contribution is 2.18. The molecular weight excluding hydrogens is 340 g/mol. The number of nitrogens with one attached hydrogen (secondary N) is 2. The molecule has 27 heavy (non-hydrogen) atoms. The molecule has 0 spiro atoms. The van der Waals surface area contributed by atoms with Gasteiger partial charge in [0.15, 0.2) is 11.6 Å². The number of likely N-dealkylation sites (N-methyl/N-ethyl adjacent to an activating group) is 2. The minimum absolute atomic E-state index is 0.111. The van der Waals surface area contributed by atoms with Gasteiger partial charge >= 0.3 is 0 Å². The Kier molecular flexibility index (Phi) is 13.8. The summed E-state index contributed by atoms with van der Waals surface area (Å²) in [5.74, 6) is 0.731. The molecule has 6 heteroatoms. The third-order valence-corrected chi connectivity index (χ3v) is 5.30. The number of hydrazine groups is 2. The van der Waals surface area contributed by atoms with Crippen LogP contribution in [0.5, 0.6) is 0 Å². The van der Waals surface area contributed by atoms with E-state index in [0.29, 0.717) is 36.5 Å². The smallest absolute Gasteiger partial charge is 0.151 e. The van der Waals surface area contributed by atoms with Gasteiger partial charge in [-0.3, -0.25) is 20.4 Å². The van der Waals surface area contributed by atoms with Gasteiger partial charge in [0, 0.05) is 39.0 Å². The summed E-state index contributed by atoms with van der Waals surface area (Å²) in [5, 5.41) is 3.94. The van der Waals surface area contributed by atoms with E-state index in [2.05, 4.69) is 31.6 Å². The first kappa shape index (κ1) is 26.2. The zero-order chi connectivity index (χ0) is 21.0. The molecule has 0 bridgehead atoms. The lowest BCUT2D eigenvalue weighted by Gasteiger charge is -2.17. The molecule has 2 aliphatic rings. The van der Waals surface area contributed by atoms with Crippen molar-refractivity contribution < 1.29 is 9.59 Å². The van der Waals surface area contributed by atoms with Gasteiger partial charge in [-0.2, -0.15) is 0 Å². The van der Waals surface area contributed by atoms with Crippen LogP contribution in [0, 0.1) is 0 Å². The molecule has 4 atom stereocenters. The zero-order valence-corrected chi connectivity index (χ0v) is 19.0. The Morgan fingerprint density at radius 3 is 1.52 bits per heavy atom. The number of hydrogen-bond acceptors (Lipinski definition) is 6. The van der Waals surface area contributed by atoms with E-state index in [1.165, 1.54) is 0 Å². The molecule has 0 radical (unpaired) electrons. The Balaban J connectivity index is 0.000000460. The van der Waals surface area contributed by atoms with Crippen molar-refractivity contribution in [2.45, 2.75) is 111 Å². The van der Waals surface area contributed by atoms with Crippen LogP contribution in [-0.2, 0) is 9.59 Å². The molecule has 0 amide bonds. The normalized spacial score (nSPS) is 28.1. The number of carbonyl (C=O) groups is 2. The number of rotatable bonds is 7. The van der Waals surface area contributed by atoms with E-state index in [9.17, 15) is 9.59 Å². The predicted octanol–water partition coefficient (Wildman–Crippen LogP) is 3.32. The van der Waals surface area contributed by atoms with E-state index in [-0.39, 0.29) is 12.1 Å². The van der Waals surface area contributed by atoms with Gasteiger partial charge in [0.2, 0.25) is 0 Å². The van der Waals surface area contributed by atoms with Crippen LogP contribution in [-0.4, -0.2) is 59.8 Å². The van der Waals surface area contributed by atoms with E-state index in [0.717, 1.165) is 32.1 Å². The number of Topliss-reactive ketones (excluding diaryl/α,β-unsaturated/α-hetero) is 2. The van der Waals surface area contributed by atoms with Crippen LogP contribution in [0.1, 0.15) is 86.5 Å². The van der Waals surface area contributed by atoms with E-state index >= 15 is 0 Å². The van der Waals surface area contributed by atoms with Crippen LogP contribution in [0.15, 0.2) is 0 Å². The van der Waals surface area contributed by atoms with Crippen LogP contribution >= 0.6 is 0 Å². The number of nitrogens with zero attached hydrogens (tertiary/aromatic N) is 2. The minimum atomic E-state index is 0.111. The zero-order valence-electron chi connectivity index (χ0n) is 19.0. The summed E-state index contributed by atoms with van der Waals surface area (Å²) in [6, 6.07) is 1.22. The van der Waals surface area contributed by atoms with Crippen LogP contribution < -0.4 is 10.9 Å². The fourth-order valence-corrected chi connectivity index (χ4v) is 3.58. The Bertz CT molecular complexity index is 430. The van der Waals surface area contributed by atoms with E-state index < -0.39 is 0 Å². The summed E-state index contributed by atoms with van der Waals surface area (Å²) in [5.41, 5.74) is 6.59. The molecule has 0 aromatic carbocycles. The first-order chi connectivity index (χ1) is 12.9. The first-order valence-corrected chi connectivity index (χ1v) is 10.9. The summed E-state index contributed by atoms with van der Waals surface area (Å²) in [6.45, 7) is 12.3. The molecule has 2 fully saturated rings. The number of hydrogen-bond donors (Lipinski definition) is 2. The Hall–Kier alpha value is -0.820. The van der Waals surface area contributed by atoms with Crippen LogP contribution in [0.3, 0.4) is 0 Å². The van der Waals surface area contributed by atoms with Gasteiger partial charge in [-0.05, 0) is 32.1 Å². The fourth-order valence-electron chi connectivity index (χ4n) is 3.58. The fraction of sp³-hybridized carbons (Fsp3) is 0.905. The van der Waals surface area contributed by atoms with Crippen molar-refractivity contribution in [3.8, 4) is 0 Å². The number of carbonyl (C=O) groups excluding carboxylic acids is 2. The van der Waals surface area contributed by atoms with E-state index in [4.69, 9.17) is 0 Å². The second-order valence-electron chi connectivity index (χ2n) is 7.23. The molecular formula is C21H44N4O2. The quantitative estimate of drug-likeness (QED) is 0.702. The summed E-state index contributed by atoms with van der Waals surface area (Å²) < 4.78 is 0. The van der Waals surface area contributed by atoms with Crippen molar-refractivity contribution in [2.75, 3.05) is 14.1 Å². The van der Waals surface area contributed by atoms with Gasteiger partial charge in [0.1, 0.15) is 0 Å². The van der Waals surface area contributed by atoms with Crippen LogP contribution in [0.2, 0.25) is 0 Å². The molecule has 4 unspecified atom stereocenters. The van der Waals surface area contributed by atoms with Gasteiger partial charge in [0.25, 0.3) is 0 Å². The monoisotopic (exact) mass is 384 g/mol. The van der Waals surface area contributed by atoms with Crippen molar-refractivity contribution in [3.05, 3.63) is 0 Å². The topological polar surface area (TPSA) is 64.7 Å². The van der Waals surface area contributed by atoms with Gasteiger partial charge in [-0.15, -0.1) is 0 Å². The lowest BCUT2D eigenvalue weighted by molar-refractivity contribution is -0.124. The Labute approximate surface area is 167 Å². The first-order valence-electron chi connectivity index (χ1n) is 10.9. The molecule has 2 heterocycles. The highest BCUT2D eigenvalue weighted by Gasteiger charge is 2.32. The Morgan fingerprint density at radius 2 is 1.22 bits per heavy atom. The average molecular weight is 385 g/mol. The minimum Gasteiger partial charge on any atom is -0.298 e.